The van der Waals surface area contributed by atoms with Crippen LogP contribution in [0.1, 0.15) is 11.3 Å². The van der Waals surface area contributed by atoms with Crippen molar-refractivity contribution >= 4 is 22.7 Å². The van der Waals surface area contributed by atoms with Gasteiger partial charge in [-0.2, -0.15) is 0 Å². The highest BCUT2D eigenvalue weighted by atomic mass is 15.7. The standard InChI is InChI=1S/C17H19N7.C2H5N/c1-12-5-3-4-6-14(12)21-16-17-20-9-15(23(17)8-7-19-16)13-10-22(2)24(18)11-13;1-2-3/h3-9,11H,10,18H2,1-2H3,(H,19,21);2H,1,3H2. The van der Waals surface area contributed by atoms with E-state index in [1.807, 2.05) is 53.3 Å². The molecule has 1 aliphatic rings. The van der Waals surface area contributed by atoms with Crippen LogP contribution in [0.25, 0.3) is 11.2 Å². The van der Waals surface area contributed by atoms with Crippen LogP contribution in [0, 0.1) is 6.92 Å². The van der Waals surface area contributed by atoms with Gasteiger partial charge in [-0.25, -0.2) is 25.9 Å². The number of anilines is 2. The zero-order valence-electron chi connectivity index (χ0n) is 15.5. The van der Waals surface area contributed by atoms with Crippen molar-refractivity contribution < 1.29 is 0 Å². The normalized spacial score (nSPS) is 13.9. The number of hydrazine groups is 2. The molecule has 8 heteroatoms. The number of hydrogen-bond acceptors (Lipinski definition) is 7. The first-order valence-electron chi connectivity index (χ1n) is 8.48. The van der Waals surface area contributed by atoms with Crippen LogP contribution >= 0.6 is 0 Å². The molecule has 5 N–H and O–H groups in total. The van der Waals surface area contributed by atoms with Gasteiger partial charge in [-0.3, -0.25) is 4.40 Å². The summed E-state index contributed by atoms with van der Waals surface area (Å²) in [5.41, 5.74) is 9.71. The highest BCUT2D eigenvalue weighted by Gasteiger charge is 2.20. The SMILES string of the molecule is C=CN.Cc1ccccc1Nc1nccn2c(C3=CN(N)N(C)C3)cnc12. The molecule has 3 heterocycles. The Labute approximate surface area is 158 Å². The van der Waals surface area contributed by atoms with Gasteiger partial charge >= 0.3 is 0 Å². The van der Waals surface area contributed by atoms with Crippen LogP contribution in [-0.4, -0.2) is 38.1 Å². The van der Waals surface area contributed by atoms with Gasteiger partial charge in [0.25, 0.3) is 0 Å². The Hall–Kier alpha value is -3.36. The molecular formula is C19H24N8. The van der Waals surface area contributed by atoms with Gasteiger partial charge in [0.15, 0.2) is 11.5 Å². The minimum atomic E-state index is 0.731. The second-order valence-electron chi connectivity index (χ2n) is 6.14. The van der Waals surface area contributed by atoms with Crippen molar-refractivity contribution in [2.75, 3.05) is 18.9 Å². The Morgan fingerprint density at radius 2 is 2.00 bits per heavy atom. The topological polar surface area (TPSA) is 101 Å². The van der Waals surface area contributed by atoms with E-state index in [2.05, 4.69) is 40.6 Å². The molecule has 0 saturated carbocycles. The molecule has 0 amide bonds. The Bertz CT molecular complexity index is 975. The summed E-state index contributed by atoms with van der Waals surface area (Å²) in [6.45, 7) is 5.95. The molecule has 0 atom stereocenters. The summed E-state index contributed by atoms with van der Waals surface area (Å²) >= 11 is 0. The predicted octanol–water partition coefficient (Wildman–Crippen LogP) is 2.25. The van der Waals surface area contributed by atoms with E-state index in [-0.39, 0.29) is 0 Å². The second-order valence-corrected chi connectivity index (χ2v) is 6.14. The zero-order valence-corrected chi connectivity index (χ0v) is 15.5. The maximum Gasteiger partial charge on any atom is 0.180 e. The number of likely N-dealkylation sites (N-methyl/N-ethyl adjacent to an activating group) is 1. The van der Waals surface area contributed by atoms with Crippen LogP contribution in [0.5, 0.6) is 0 Å². The van der Waals surface area contributed by atoms with Gasteiger partial charge in [-0.1, -0.05) is 24.8 Å². The molecule has 140 valence electrons. The van der Waals surface area contributed by atoms with Crippen LogP contribution in [0.15, 0.2) is 61.8 Å². The first-order valence-corrected chi connectivity index (χ1v) is 8.48. The molecule has 8 nitrogen and oxygen atoms in total. The number of nitrogens with one attached hydrogen (secondary N) is 1. The van der Waals surface area contributed by atoms with E-state index in [1.54, 1.807) is 11.3 Å². The fourth-order valence-corrected chi connectivity index (χ4v) is 2.86. The van der Waals surface area contributed by atoms with E-state index in [4.69, 9.17) is 5.84 Å². The summed E-state index contributed by atoms with van der Waals surface area (Å²) in [7, 11) is 1.94. The van der Waals surface area contributed by atoms with Crippen molar-refractivity contribution in [2.45, 2.75) is 6.92 Å². The van der Waals surface area contributed by atoms with Gasteiger partial charge in [0.2, 0.25) is 0 Å². The lowest BCUT2D eigenvalue weighted by atomic mass is 10.2. The Morgan fingerprint density at radius 3 is 2.67 bits per heavy atom. The third-order valence-corrected chi connectivity index (χ3v) is 4.24. The number of fused-ring (bicyclic) bond motifs is 1. The maximum atomic E-state index is 5.90. The molecule has 2 aromatic heterocycles. The average molecular weight is 364 g/mol. The monoisotopic (exact) mass is 364 g/mol. The van der Waals surface area contributed by atoms with Gasteiger partial charge in [0.1, 0.15) is 0 Å². The van der Waals surface area contributed by atoms with E-state index in [1.165, 1.54) is 6.20 Å². The van der Waals surface area contributed by atoms with Crippen molar-refractivity contribution in [3.63, 3.8) is 0 Å². The number of rotatable bonds is 3. The summed E-state index contributed by atoms with van der Waals surface area (Å²) in [5, 5.41) is 6.90. The molecule has 0 unspecified atom stereocenters. The third kappa shape index (κ3) is 3.76. The van der Waals surface area contributed by atoms with Crippen molar-refractivity contribution in [3.05, 3.63) is 73.1 Å². The van der Waals surface area contributed by atoms with Crippen molar-refractivity contribution in [1.82, 2.24) is 24.5 Å². The van der Waals surface area contributed by atoms with Gasteiger partial charge in [-0.05, 0) is 24.8 Å². The van der Waals surface area contributed by atoms with Crippen LogP contribution in [0.4, 0.5) is 11.5 Å². The van der Waals surface area contributed by atoms with Gasteiger partial charge in [-0.15, -0.1) is 0 Å². The number of para-hydroxylation sites is 1. The number of nitrogens with zero attached hydrogens (tertiary/aromatic N) is 5. The molecule has 0 aliphatic carbocycles. The smallest absolute Gasteiger partial charge is 0.180 e. The van der Waals surface area contributed by atoms with Gasteiger partial charge in [0.05, 0.1) is 11.9 Å². The number of aryl methyl sites for hydroxylation is 1. The van der Waals surface area contributed by atoms with E-state index < -0.39 is 0 Å². The zero-order chi connectivity index (χ0) is 19.4. The molecule has 0 bridgehead atoms. The van der Waals surface area contributed by atoms with Crippen molar-refractivity contribution in [1.29, 1.82) is 0 Å². The summed E-state index contributed by atoms with van der Waals surface area (Å²) in [6, 6.07) is 8.12. The largest absolute Gasteiger partial charge is 0.405 e. The van der Waals surface area contributed by atoms with Crippen LogP contribution in [0.2, 0.25) is 0 Å². The Morgan fingerprint density at radius 1 is 1.26 bits per heavy atom. The highest BCUT2D eigenvalue weighted by molar-refractivity contribution is 5.75. The number of aromatic nitrogens is 3. The minimum Gasteiger partial charge on any atom is -0.405 e. The molecule has 0 spiro atoms. The molecule has 1 aliphatic heterocycles. The fourth-order valence-electron chi connectivity index (χ4n) is 2.86. The summed E-state index contributed by atoms with van der Waals surface area (Å²) in [4.78, 5) is 9.01. The lowest BCUT2D eigenvalue weighted by molar-refractivity contribution is 0.0854. The van der Waals surface area contributed by atoms with Crippen LogP contribution in [0.3, 0.4) is 0 Å². The minimum absolute atomic E-state index is 0.731. The number of hydrogen-bond donors (Lipinski definition) is 3. The quantitative estimate of drug-likeness (QED) is 0.613. The van der Waals surface area contributed by atoms with Gasteiger partial charge < -0.3 is 11.1 Å². The summed E-state index contributed by atoms with van der Waals surface area (Å²) in [5.74, 6) is 6.63. The fraction of sp³-hybridized carbons (Fsp3) is 0.158. The third-order valence-electron chi connectivity index (χ3n) is 4.24. The van der Waals surface area contributed by atoms with E-state index >= 15 is 0 Å². The van der Waals surface area contributed by atoms with E-state index in [9.17, 15) is 0 Å². The summed E-state index contributed by atoms with van der Waals surface area (Å²) in [6.07, 6.45) is 8.72. The molecular weight excluding hydrogens is 340 g/mol. The molecule has 0 fully saturated rings. The number of imidazole rings is 1. The first-order chi connectivity index (χ1) is 13.0. The van der Waals surface area contributed by atoms with Crippen molar-refractivity contribution in [2.24, 2.45) is 11.6 Å². The molecule has 1 aromatic carbocycles. The summed E-state index contributed by atoms with van der Waals surface area (Å²) < 4.78 is 2.03. The van der Waals surface area contributed by atoms with Crippen molar-refractivity contribution in [3.8, 4) is 0 Å². The first kappa shape index (κ1) is 18.4. The Kier molecular flexibility index (Phi) is 5.39. The van der Waals surface area contributed by atoms with E-state index in [0.717, 1.165) is 40.5 Å². The second kappa shape index (κ2) is 7.90. The Balaban J connectivity index is 0.000000659. The molecule has 3 aromatic rings. The lowest BCUT2D eigenvalue weighted by Gasteiger charge is -2.17. The van der Waals surface area contributed by atoms with Crippen LogP contribution in [-0.2, 0) is 0 Å². The molecule has 4 rings (SSSR count). The molecule has 0 saturated heterocycles. The maximum absolute atomic E-state index is 5.90. The number of nitrogens with two attached hydrogens (primary N) is 2. The number of benzene rings is 1. The predicted molar refractivity (Wildman–Crippen MR) is 108 cm³/mol. The van der Waals surface area contributed by atoms with Crippen LogP contribution < -0.4 is 16.9 Å². The molecule has 0 radical (unpaired) electrons. The average Bonchev–Trinajstić information content (AvgIpc) is 3.22. The highest BCUT2D eigenvalue weighted by Crippen LogP contribution is 2.26. The van der Waals surface area contributed by atoms with Gasteiger partial charge in [0, 0.05) is 43.4 Å². The van der Waals surface area contributed by atoms with E-state index in [0.29, 0.717) is 0 Å². The molecule has 27 heavy (non-hydrogen) atoms. The lowest BCUT2D eigenvalue weighted by Crippen LogP contribution is -2.36.